The molecule has 3 unspecified atom stereocenters. The highest BCUT2D eigenvalue weighted by molar-refractivity contribution is 5.85. The molecule has 0 saturated heterocycles. The number of Topliss-reactive ketones (excluding diaryl/α,β-unsaturated/α-hetero) is 1. The standard InChI is InChI=1S/C22H31NO2/c1-20(25)9-10-21(2)15(12-20)4-6-16-17-7-5-14(8-11-23)22(17,3)13-18(24)19(16)21/h8,15-17,19,25H,4-7,9-10,12-13H2,1-3H3/b14-8-/t15-,16?,17-,19+,20+,21?,22?/m0/s1. The second-order valence-corrected chi connectivity index (χ2v) is 10.1. The molecular weight excluding hydrogens is 310 g/mol. The summed E-state index contributed by atoms with van der Waals surface area (Å²) >= 11 is 0. The Labute approximate surface area is 151 Å². The molecule has 3 heteroatoms. The van der Waals surface area contributed by atoms with Crippen LogP contribution in [0, 0.1) is 45.8 Å². The van der Waals surface area contributed by atoms with Crippen LogP contribution in [0.15, 0.2) is 11.6 Å². The molecular formula is C22H31NO2. The van der Waals surface area contributed by atoms with Crippen LogP contribution in [0.4, 0.5) is 0 Å². The predicted molar refractivity (Wildman–Crippen MR) is 96.4 cm³/mol. The van der Waals surface area contributed by atoms with E-state index in [4.69, 9.17) is 5.26 Å². The molecule has 4 saturated carbocycles. The quantitative estimate of drug-likeness (QED) is 0.664. The van der Waals surface area contributed by atoms with Crippen molar-refractivity contribution in [3.05, 3.63) is 11.6 Å². The second-order valence-electron chi connectivity index (χ2n) is 10.1. The molecule has 4 aliphatic carbocycles. The molecule has 7 atom stereocenters. The van der Waals surface area contributed by atoms with Crippen molar-refractivity contribution < 1.29 is 9.90 Å². The van der Waals surface area contributed by atoms with Crippen molar-refractivity contribution in [2.75, 3.05) is 0 Å². The number of nitrogens with zero attached hydrogens (tertiary/aromatic N) is 1. The van der Waals surface area contributed by atoms with Crippen molar-refractivity contribution in [1.29, 1.82) is 5.26 Å². The zero-order chi connectivity index (χ0) is 18.0. The molecule has 0 radical (unpaired) electrons. The van der Waals surface area contributed by atoms with Gasteiger partial charge < -0.3 is 5.11 Å². The van der Waals surface area contributed by atoms with E-state index < -0.39 is 5.60 Å². The minimum absolute atomic E-state index is 0.0608. The van der Waals surface area contributed by atoms with E-state index in [1.54, 1.807) is 6.08 Å². The molecule has 4 rings (SSSR count). The second kappa shape index (κ2) is 5.43. The molecule has 0 aliphatic heterocycles. The summed E-state index contributed by atoms with van der Waals surface area (Å²) in [5.74, 6) is 2.10. The number of aliphatic hydroxyl groups is 1. The van der Waals surface area contributed by atoms with Crippen molar-refractivity contribution in [3.63, 3.8) is 0 Å². The predicted octanol–water partition coefficient (Wildman–Crippen LogP) is 4.41. The van der Waals surface area contributed by atoms with Crippen LogP contribution in [0.25, 0.3) is 0 Å². The molecule has 0 aromatic rings. The first kappa shape index (κ1) is 17.3. The minimum Gasteiger partial charge on any atom is -0.390 e. The highest BCUT2D eigenvalue weighted by Gasteiger charge is 2.62. The summed E-state index contributed by atoms with van der Waals surface area (Å²) in [7, 11) is 0. The summed E-state index contributed by atoms with van der Waals surface area (Å²) in [6, 6.07) is 2.22. The third kappa shape index (κ3) is 2.36. The van der Waals surface area contributed by atoms with E-state index in [0.717, 1.165) is 44.9 Å². The summed E-state index contributed by atoms with van der Waals surface area (Å²) in [6.45, 7) is 6.54. The van der Waals surface area contributed by atoms with Gasteiger partial charge in [0.25, 0.3) is 0 Å². The largest absolute Gasteiger partial charge is 0.390 e. The molecule has 1 N–H and O–H groups in total. The number of carbonyl (C=O) groups excluding carboxylic acids is 1. The third-order valence-electron chi connectivity index (χ3n) is 8.73. The van der Waals surface area contributed by atoms with Crippen LogP contribution in [-0.4, -0.2) is 16.5 Å². The first-order valence-electron chi connectivity index (χ1n) is 10.1. The van der Waals surface area contributed by atoms with Crippen LogP contribution in [0.1, 0.15) is 72.1 Å². The Morgan fingerprint density at radius 1 is 1.20 bits per heavy atom. The summed E-state index contributed by atoms with van der Waals surface area (Å²) in [5.41, 5.74) is 0.632. The topological polar surface area (TPSA) is 61.1 Å². The Bertz CT molecular complexity index is 672. The smallest absolute Gasteiger partial charge is 0.137 e. The maximum Gasteiger partial charge on any atom is 0.137 e. The van der Waals surface area contributed by atoms with E-state index in [-0.39, 0.29) is 16.7 Å². The maximum atomic E-state index is 13.4. The number of ketones is 1. The van der Waals surface area contributed by atoms with Gasteiger partial charge in [-0.1, -0.05) is 19.4 Å². The van der Waals surface area contributed by atoms with Crippen LogP contribution >= 0.6 is 0 Å². The van der Waals surface area contributed by atoms with Gasteiger partial charge in [-0.2, -0.15) is 5.26 Å². The van der Waals surface area contributed by atoms with Crippen LogP contribution in [-0.2, 0) is 4.79 Å². The number of carbonyl (C=O) groups is 1. The monoisotopic (exact) mass is 341 g/mol. The highest BCUT2D eigenvalue weighted by atomic mass is 16.3. The lowest BCUT2D eigenvalue weighted by Gasteiger charge is -2.60. The molecule has 0 spiro atoms. The van der Waals surface area contributed by atoms with Gasteiger partial charge in [0.15, 0.2) is 0 Å². The molecule has 0 aromatic heterocycles. The summed E-state index contributed by atoms with van der Waals surface area (Å²) in [4.78, 5) is 13.4. The van der Waals surface area contributed by atoms with Gasteiger partial charge in [0.1, 0.15) is 5.78 Å². The van der Waals surface area contributed by atoms with Gasteiger partial charge in [-0.3, -0.25) is 4.79 Å². The molecule has 3 nitrogen and oxygen atoms in total. The Balaban J connectivity index is 1.69. The Kier molecular flexibility index (Phi) is 3.75. The van der Waals surface area contributed by atoms with Crippen LogP contribution < -0.4 is 0 Å². The van der Waals surface area contributed by atoms with E-state index in [1.807, 2.05) is 6.92 Å². The van der Waals surface area contributed by atoms with E-state index in [0.29, 0.717) is 30.0 Å². The minimum atomic E-state index is -0.556. The SMILES string of the molecule is CC12CC(=O)[C@H]3C(CC[C@H]4C[C@](C)(O)CCC43C)[C@@H]1CC/C2=C/C#N. The first-order chi connectivity index (χ1) is 11.7. The molecule has 4 fully saturated rings. The van der Waals surface area contributed by atoms with Crippen molar-refractivity contribution in [3.8, 4) is 6.07 Å². The lowest BCUT2D eigenvalue weighted by Crippen LogP contribution is -2.58. The summed E-state index contributed by atoms with van der Waals surface area (Å²) in [6.07, 6.45) is 9.36. The fourth-order valence-electron chi connectivity index (χ4n) is 7.41. The van der Waals surface area contributed by atoms with Crippen molar-refractivity contribution in [2.24, 2.45) is 34.5 Å². The number of fused-ring (bicyclic) bond motifs is 5. The van der Waals surface area contributed by atoms with Crippen molar-refractivity contribution >= 4 is 5.78 Å². The third-order valence-corrected chi connectivity index (χ3v) is 8.73. The van der Waals surface area contributed by atoms with Crippen LogP contribution in [0.3, 0.4) is 0 Å². The van der Waals surface area contributed by atoms with Gasteiger partial charge in [-0.15, -0.1) is 0 Å². The fraction of sp³-hybridized carbons (Fsp3) is 0.818. The molecule has 0 bridgehead atoms. The Morgan fingerprint density at radius 3 is 2.68 bits per heavy atom. The van der Waals surface area contributed by atoms with E-state index in [2.05, 4.69) is 19.9 Å². The summed E-state index contributed by atoms with van der Waals surface area (Å²) in [5, 5.41) is 19.7. The molecule has 136 valence electrons. The first-order valence-corrected chi connectivity index (χ1v) is 10.1. The molecule has 25 heavy (non-hydrogen) atoms. The average Bonchev–Trinajstić information content (AvgIpc) is 2.84. The van der Waals surface area contributed by atoms with Crippen molar-refractivity contribution in [1.82, 2.24) is 0 Å². The van der Waals surface area contributed by atoms with E-state index in [1.165, 1.54) is 5.57 Å². The lowest BCUT2D eigenvalue weighted by atomic mass is 9.44. The zero-order valence-corrected chi connectivity index (χ0v) is 15.8. The van der Waals surface area contributed by atoms with E-state index >= 15 is 0 Å². The number of nitriles is 1. The summed E-state index contributed by atoms with van der Waals surface area (Å²) < 4.78 is 0. The number of rotatable bonds is 0. The normalized spacial score (nSPS) is 53.7. The molecule has 0 heterocycles. The van der Waals surface area contributed by atoms with Gasteiger partial charge >= 0.3 is 0 Å². The van der Waals surface area contributed by atoms with Crippen molar-refractivity contribution in [2.45, 2.75) is 77.7 Å². The number of allylic oxidation sites excluding steroid dienone is 2. The highest BCUT2D eigenvalue weighted by Crippen LogP contribution is 2.66. The Hall–Kier alpha value is -1.14. The maximum absolute atomic E-state index is 13.4. The van der Waals surface area contributed by atoms with E-state index in [9.17, 15) is 9.90 Å². The van der Waals surface area contributed by atoms with Gasteiger partial charge in [0.2, 0.25) is 0 Å². The Morgan fingerprint density at radius 2 is 1.96 bits per heavy atom. The van der Waals surface area contributed by atoms with Crippen LogP contribution in [0.5, 0.6) is 0 Å². The van der Waals surface area contributed by atoms with Gasteiger partial charge in [-0.25, -0.2) is 0 Å². The van der Waals surface area contributed by atoms with Gasteiger partial charge in [0, 0.05) is 18.4 Å². The van der Waals surface area contributed by atoms with Crippen LogP contribution in [0.2, 0.25) is 0 Å². The number of hydrogen-bond donors (Lipinski definition) is 1. The van der Waals surface area contributed by atoms with Gasteiger partial charge in [-0.05, 0) is 80.5 Å². The number of hydrogen-bond acceptors (Lipinski definition) is 3. The zero-order valence-electron chi connectivity index (χ0n) is 15.8. The lowest BCUT2D eigenvalue weighted by molar-refractivity contribution is -0.163. The molecule has 4 aliphatic rings. The average molecular weight is 341 g/mol. The molecule has 0 aromatic carbocycles. The van der Waals surface area contributed by atoms with Gasteiger partial charge in [0.05, 0.1) is 11.7 Å². The fourth-order valence-corrected chi connectivity index (χ4v) is 7.41. The molecule has 0 amide bonds.